The number of carbonyl (C=O) groups is 1. The summed E-state index contributed by atoms with van der Waals surface area (Å²) in [4.78, 5) is 33.2. The molecule has 0 saturated carbocycles. The Morgan fingerprint density at radius 3 is 2.62 bits per heavy atom. The summed E-state index contributed by atoms with van der Waals surface area (Å²) in [5.74, 6) is 0.891. The molecule has 1 unspecified atom stereocenters. The van der Waals surface area contributed by atoms with Crippen molar-refractivity contribution in [3.05, 3.63) is 106 Å². The van der Waals surface area contributed by atoms with E-state index in [1.54, 1.807) is 48.1 Å². The van der Waals surface area contributed by atoms with Crippen molar-refractivity contribution < 1.29 is 9.72 Å². The molecule has 3 heterocycles. The first-order valence-corrected chi connectivity index (χ1v) is 10.5. The van der Waals surface area contributed by atoms with E-state index >= 15 is 0 Å². The Labute approximate surface area is 194 Å². The summed E-state index contributed by atoms with van der Waals surface area (Å²) in [6.07, 6.45) is 1.58. The Balaban J connectivity index is 1.63. The molecular weight excluding hydrogens is 434 g/mol. The number of fused-ring (bicyclic) bond motifs is 1. The molecule has 10 heteroatoms. The number of nitro groups is 1. The van der Waals surface area contributed by atoms with Gasteiger partial charge in [0.15, 0.2) is 5.82 Å². The average molecular weight is 453 g/mol. The van der Waals surface area contributed by atoms with Crippen LogP contribution in [0.25, 0.3) is 11.4 Å². The Kier molecular flexibility index (Phi) is 5.30. The number of carbonyl (C=O) groups excluding carboxylic acids is 1. The lowest BCUT2D eigenvalue weighted by Crippen LogP contribution is -2.31. The number of aromatic nitrogens is 4. The zero-order valence-corrected chi connectivity index (χ0v) is 18.0. The zero-order chi connectivity index (χ0) is 23.7. The van der Waals surface area contributed by atoms with Gasteiger partial charge in [0.05, 0.1) is 10.5 Å². The van der Waals surface area contributed by atoms with E-state index in [9.17, 15) is 14.9 Å². The largest absolute Gasteiger partial charge is 0.328 e. The molecule has 4 aromatic rings. The van der Waals surface area contributed by atoms with E-state index in [4.69, 9.17) is 0 Å². The summed E-state index contributed by atoms with van der Waals surface area (Å²) in [7, 11) is 0. The topological polar surface area (TPSA) is 128 Å². The third-order valence-electron chi connectivity index (χ3n) is 5.43. The molecule has 0 aliphatic carbocycles. The van der Waals surface area contributed by atoms with Gasteiger partial charge in [-0.05, 0) is 24.6 Å². The van der Waals surface area contributed by atoms with Gasteiger partial charge in [0.1, 0.15) is 11.9 Å². The van der Waals surface area contributed by atoms with Gasteiger partial charge in [-0.15, -0.1) is 5.10 Å². The highest BCUT2D eigenvalue weighted by Crippen LogP contribution is 2.37. The van der Waals surface area contributed by atoms with Gasteiger partial charge in [-0.25, -0.2) is 9.67 Å². The fourth-order valence-electron chi connectivity index (χ4n) is 3.89. The van der Waals surface area contributed by atoms with E-state index in [0.29, 0.717) is 34.4 Å². The number of amides is 1. The number of non-ortho nitro benzene ring substituents is 1. The van der Waals surface area contributed by atoms with Crippen molar-refractivity contribution in [2.24, 2.45) is 0 Å². The van der Waals surface area contributed by atoms with Crippen LogP contribution < -0.4 is 10.6 Å². The molecule has 0 fully saturated rings. The molecule has 2 N–H and O–H groups in total. The molecule has 5 rings (SSSR count). The summed E-state index contributed by atoms with van der Waals surface area (Å²) in [5.41, 5.74) is 2.17. The minimum Gasteiger partial charge on any atom is -0.328 e. The molecule has 168 valence electrons. The van der Waals surface area contributed by atoms with Crippen molar-refractivity contribution in [2.45, 2.75) is 13.0 Å². The van der Waals surface area contributed by atoms with E-state index in [0.717, 1.165) is 5.56 Å². The number of allylic oxidation sites excluding steroid dienone is 1. The molecular formula is C24H19N7O3. The van der Waals surface area contributed by atoms with Gasteiger partial charge >= 0.3 is 0 Å². The maximum absolute atomic E-state index is 13.4. The standard InChI is InChI=1S/C24H19N7O3/c1-15-20(23(32)27-19-12-5-6-13-25-19)21(17-10-7-11-18(14-17)31(33)34)30-24(26-15)28-22(29-30)16-8-3-2-4-9-16/h2-14,21H,1H3,(H,25,27,32)(H,26,28,29). The number of benzene rings is 2. The van der Waals surface area contributed by atoms with Crippen molar-refractivity contribution >= 4 is 23.4 Å². The Hall–Kier alpha value is -4.86. The van der Waals surface area contributed by atoms with Crippen molar-refractivity contribution in [3.8, 4) is 11.4 Å². The number of nitrogens with zero attached hydrogens (tertiary/aromatic N) is 5. The highest BCUT2D eigenvalue weighted by Gasteiger charge is 2.35. The lowest BCUT2D eigenvalue weighted by Gasteiger charge is -2.28. The normalized spacial score (nSPS) is 14.8. The second-order valence-corrected chi connectivity index (χ2v) is 7.66. The number of hydrogen-bond donors (Lipinski definition) is 2. The maximum Gasteiger partial charge on any atom is 0.269 e. The SMILES string of the molecule is CC1=C(C(=O)Nc2ccccn2)C(c2cccc([N+](=O)[O-])c2)n2nc(-c3ccccc3)nc2N1. The first kappa shape index (κ1) is 21.0. The van der Waals surface area contributed by atoms with Gasteiger partial charge in [-0.2, -0.15) is 4.98 Å². The molecule has 10 nitrogen and oxygen atoms in total. The molecule has 1 amide bonds. The van der Waals surface area contributed by atoms with Gasteiger partial charge < -0.3 is 10.6 Å². The highest BCUT2D eigenvalue weighted by atomic mass is 16.6. The molecule has 34 heavy (non-hydrogen) atoms. The third kappa shape index (κ3) is 3.88. The van der Waals surface area contributed by atoms with Crippen LogP contribution in [0, 0.1) is 10.1 Å². The van der Waals surface area contributed by atoms with Crippen LogP contribution in [0.15, 0.2) is 90.3 Å². The summed E-state index contributed by atoms with van der Waals surface area (Å²) >= 11 is 0. The van der Waals surface area contributed by atoms with Crippen LogP contribution in [0.5, 0.6) is 0 Å². The number of nitro benzene ring substituents is 1. The first-order valence-electron chi connectivity index (χ1n) is 10.5. The van der Waals surface area contributed by atoms with Gasteiger partial charge in [0.25, 0.3) is 11.6 Å². The predicted octanol–water partition coefficient (Wildman–Crippen LogP) is 4.18. The fraction of sp³-hybridized carbons (Fsp3) is 0.0833. The smallest absolute Gasteiger partial charge is 0.269 e. The van der Waals surface area contributed by atoms with Crippen molar-refractivity contribution in [1.29, 1.82) is 0 Å². The van der Waals surface area contributed by atoms with Crippen LogP contribution in [0.4, 0.5) is 17.5 Å². The van der Waals surface area contributed by atoms with Crippen LogP contribution in [-0.2, 0) is 4.79 Å². The second-order valence-electron chi connectivity index (χ2n) is 7.66. The molecule has 2 aromatic carbocycles. The summed E-state index contributed by atoms with van der Waals surface area (Å²) in [5, 5.41) is 22.1. The van der Waals surface area contributed by atoms with Crippen LogP contribution in [0.1, 0.15) is 18.5 Å². The van der Waals surface area contributed by atoms with Gasteiger partial charge in [0.2, 0.25) is 5.95 Å². The van der Waals surface area contributed by atoms with Gasteiger partial charge in [0, 0.05) is 29.6 Å². The number of rotatable bonds is 5. The molecule has 1 aliphatic heterocycles. The van der Waals surface area contributed by atoms with Crippen LogP contribution in [0.2, 0.25) is 0 Å². The van der Waals surface area contributed by atoms with Crippen molar-refractivity contribution in [2.75, 3.05) is 10.6 Å². The second kappa shape index (κ2) is 8.58. The van der Waals surface area contributed by atoms with Crippen molar-refractivity contribution in [1.82, 2.24) is 19.7 Å². The molecule has 0 saturated heterocycles. The number of pyridine rings is 1. The average Bonchev–Trinajstić information content (AvgIpc) is 3.28. The third-order valence-corrected chi connectivity index (χ3v) is 5.43. The van der Waals surface area contributed by atoms with E-state index in [1.807, 2.05) is 30.3 Å². The maximum atomic E-state index is 13.4. The monoisotopic (exact) mass is 453 g/mol. The summed E-state index contributed by atoms with van der Waals surface area (Å²) in [6, 6.07) is 20.1. The minimum absolute atomic E-state index is 0.0804. The van der Waals surface area contributed by atoms with Crippen LogP contribution in [0.3, 0.4) is 0 Å². The predicted molar refractivity (Wildman–Crippen MR) is 126 cm³/mol. The molecule has 2 aromatic heterocycles. The summed E-state index contributed by atoms with van der Waals surface area (Å²) in [6.45, 7) is 1.76. The molecule has 0 radical (unpaired) electrons. The van der Waals surface area contributed by atoms with E-state index < -0.39 is 16.9 Å². The van der Waals surface area contributed by atoms with Crippen LogP contribution in [-0.4, -0.2) is 30.6 Å². The summed E-state index contributed by atoms with van der Waals surface area (Å²) < 4.78 is 1.59. The van der Waals surface area contributed by atoms with Gasteiger partial charge in [-0.3, -0.25) is 14.9 Å². The Morgan fingerprint density at radius 1 is 1.09 bits per heavy atom. The number of anilines is 2. The van der Waals surface area contributed by atoms with Crippen LogP contribution >= 0.6 is 0 Å². The van der Waals surface area contributed by atoms with E-state index in [2.05, 4.69) is 25.7 Å². The Morgan fingerprint density at radius 2 is 1.88 bits per heavy atom. The highest BCUT2D eigenvalue weighted by molar-refractivity contribution is 6.05. The van der Waals surface area contributed by atoms with Gasteiger partial charge in [-0.1, -0.05) is 48.5 Å². The molecule has 1 aliphatic rings. The minimum atomic E-state index is -0.746. The molecule has 0 spiro atoms. The quantitative estimate of drug-likeness (QED) is 0.343. The van der Waals surface area contributed by atoms with Crippen molar-refractivity contribution in [3.63, 3.8) is 0 Å². The number of nitrogens with one attached hydrogen (secondary N) is 2. The van der Waals surface area contributed by atoms with E-state index in [-0.39, 0.29) is 5.69 Å². The Bertz CT molecular complexity index is 1420. The molecule has 0 bridgehead atoms. The van der Waals surface area contributed by atoms with E-state index in [1.165, 1.54) is 12.1 Å². The zero-order valence-electron chi connectivity index (χ0n) is 18.0. The lowest BCUT2D eigenvalue weighted by atomic mass is 9.94. The first-order chi connectivity index (χ1) is 16.5. The number of hydrogen-bond acceptors (Lipinski definition) is 7. The molecule has 1 atom stereocenters. The fourth-order valence-corrected chi connectivity index (χ4v) is 3.89. The lowest BCUT2D eigenvalue weighted by molar-refractivity contribution is -0.384.